The molecule has 0 amide bonds. The van der Waals surface area contributed by atoms with Gasteiger partial charge in [0.15, 0.2) is 0 Å². The van der Waals surface area contributed by atoms with Crippen LogP contribution in [0.2, 0.25) is 0 Å². The Kier molecular flexibility index (Phi) is 2.70. The zero-order chi connectivity index (χ0) is 10.8. The van der Waals surface area contributed by atoms with Crippen LogP contribution in [0.15, 0.2) is 24.3 Å². The number of carboxylic acids is 1. The van der Waals surface area contributed by atoms with Crippen molar-refractivity contribution in [2.45, 2.75) is 19.3 Å². The van der Waals surface area contributed by atoms with Gasteiger partial charge in [-0.25, -0.2) is 4.79 Å². The predicted octanol–water partition coefficient (Wildman–Crippen LogP) is 1.86. The van der Waals surface area contributed by atoms with Crippen LogP contribution in [0.5, 0.6) is 0 Å². The molecule has 0 aliphatic carbocycles. The molecular formula is C11H12O3. The standard InChI is InChI=1S/C11H12O3/c1-11(2,7-12)9-6-4-3-5-8(9)10(13)14/h3-7H,1-2H3,(H,13,14). The Morgan fingerprint density at radius 2 is 1.93 bits per heavy atom. The number of carbonyl (C=O) groups excluding carboxylic acids is 1. The first-order valence-electron chi connectivity index (χ1n) is 4.28. The number of hydrogen-bond donors (Lipinski definition) is 1. The second-order valence-electron chi connectivity index (χ2n) is 3.69. The van der Waals surface area contributed by atoms with Crippen LogP contribution in [0.25, 0.3) is 0 Å². The van der Waals surface area contributed by atoms with Gasteiger partial charge < -0.3 is 9.90 Å². The Morgan fingerprint density at radius 1 is 1.36 bits per heavy atom. The Hall–Kier alpha value is -1.64. The van der Waals surface area contributed by atoms with Crippen LogP contribution in [0.4, 0.5) is 0 Å². The maximum absolute atomic E-state index is 10.9. The van der Waals surface area contributed by atoms with Gasteiger partial charge in [-0.3, -0.25) is 0 Å². The van der Waals surface area contributed by atoms with E-state index in [0.29, 0.717) is 5.56 Å². The number of aromatic carboxylic acids is 1. The van der Waals surface area contributed by atoms with Crippen molar-refractivity contribution in [2.24, 2.45) is 0 Å². The Bertz CT molecular complexity index is 367. The summed E-state index contributed by atoms with van der Waals surface area (Å²) in [4.78, 5) is 21.7. The molecule has 0 fully saturated rings. The summed E-state index contributed by atoms with van der Waals surface area (Å²) in [5.74, 6) is -1.00. The quantitative estimate of drug-likeness (QED) is 0.743. The fourth-order valence-corrected chi connectivity index (χ4v) is 1.29. The molecule has 1 rings (SSSR count). The first kappa shape index (κ1) is 10.4. The third-order valence-electron chi connectivity index (χ3n) is 2.15. The lowest BCUT2D eigenvalue weighted by molar-refractivity contribution is -0.111. The Labute approximate surface area is 82.4 Å². The van der Waals surface area contributed by atoms with Crippen molar-refractivity contribution in [3.8, 4) is 0 Å². The largest absolute Gasteiger partial charge is 0.478 e. The first-order valence-corrected chi connectivity index (χ1v) is 4.28. The molecule has 0 saturated carbocycles. The molecule has 0 spiro atoms. The van der Waals surface area contributed by atoms with E-state index in [4.69, 9.17) is 5.11 Å². The summed E-state index contributed by atoms with van der Waals surface area (Å²) in [6.45, 7) is 3.39. The number of rotatable bonds is 3. The Balaban J connectivity index is 3.33. The molecule has 3 heteroatoms. The third kappa shape index (κ3) is 1.82. The van der Waals surface area contributed by atoms with E-state index in [2.05, 4.69) is 0 Å². The zero-order valence-electron chi connectivity index (χ0n) is 8.15. The van der Waals surface area contributed by atoms with E-state index in [1.807, 2.05) is 0 Å². The van der Waals surface area contributed by atoms with Gasteiger partial charge in [0.2, 0.25) is 0 Å². The van der Waals surface area contributed by atoms with Crippen molar-refractivity contribution in [3.05, 3.63) is 35.4 Å². The average molecular weight is 192 g/mol. The van der Waals surface area contributed by atoms with Gasteiger partial charge >= 0.3 is 5.97 Å². The molecule has 14 heavy (non-hydrogen) atoms. The molecule has 74 valence electrons. The van der Waals surface area contributed by atoms with Gasteiger partial charge in [0.1, 0.15) is 6.29 Å². The Morgan fingerprint density at radius 3 is 2.43 bits per heavy atom. The van der Waals surface area contributed by atoms with Crippen molar-refractivity contribution in [2.75, 3.05) is 0 Å². The lowest BCUT2D eigenvalue weighted by Gasteiger charge is -2.19. The van der Waals surface area contributed by atoms with Gasteiger partial charge in [-0.15, -0.1) is 0 Å². The number of aldehydes is 1. The van der Waals surface area contributed by atoms with Crippen LogP contribution in [-0.4, -0.2) is 17.4 Å². The predicted molar refractivity (Wildman–Crippen MR) is 52.5 cm³/mol. The molecule has 0 unspecified atom stereocenters. The normalized spacial score (nSPS) is 11.0. The van der Waals surface area contributed by atoms with Gasteiger partial charge in [-0.05, 0) is 25.5 Å². The highest BCUT2D eigenvalue weighted by atomic mass is 16.4. The van der Waals surface area contributed by atoms with Crippen molar-refractivity contribution in [3.63, 3.8) is 0 Å². The van der Waals surface area contributed by atoms with E-state index in [9.17, 15) is 9.59 Å². The van der Waals surface area contributed by atoms with Crippen molar-refractivity contribution in [1.29, 1.82) is 0 Å². The maximum Gasteiger partial charge on any atom is 0.335 e. The first-order chi connectivity index (χ1) is 6.49. The average Bonchev–Trinajstić information content (AvgIpc) is 2.18. The lowest BCUT2D eigenvalue weighted by Crippen LogP contribution is -2.22. The summed E-state index contributed by atoms with van der Waals surface area (Å²) >= 11 is 0. The van der Waals surface area contributed by atoms with Crippen LogP contribution in [0.1, 0.15) is 29.8 Å². The zero-order valence-corrected chi connectivity index (χ0v) is 8.15. The highest BCUT2D eigenvalue weighted by Gasteiger charge is 2.24. The molecule has 0 bridgehead atoms. The minimum atomic E-state index is -1.00. The van der Waals surface area contributed by atoms with Crippen LogP contribution < -0.4 is 0 Å². The third-order valence-corrected chi connectivity index (χ3v) is 2.15. The monoisotopic (exact) mass is 192 g/mol. The van der Waals surface area contributed by atoms with Crippen LogP contribution >= 0.6 is 0 Å². The summed E-state index contributed by atoms with van der Waals surface area (Å²) in [7, 11) is 0. The molecule has 1 aromatic carbocycles. The van der Waals surface area contributed by atoms with Gasteiger partial charge in [-0.2, -0.15) is 0 Å². The maximum atomic E-state index is 10.9. The fraction of sp³-hybridized carbons (Fsp3) is 0.273. The molecule has 0 radical (unpaired) electrons. The van der Waals surface area contributed by atoms with Gasteiger partial charge in [-0.1, -0.05) is 18.2 Å². The molecule has 0 aromatic heterocycles. The number of benzene rings is 1. The van der Waals surface area contributed by atoms with Crippen LogP contribution in [0, 0.1) is 0 Å². The van der Waals surface area contributed by atoms with Gasteiger partial charge in [0, 0.05) is 5.41 Å². The van der Waals surface area contributed by atoms with E-state index in [1.165, 1.54) is 6.07 Å². The van der Waals surface area contributed by atoms with Crippen LogP contribution in [-0.2, 0) is 10.2 Å². The van der Waals surface area contributed by atoms with Crippen molar-refractivity contribution >= 4 is 12.3 Å². The van der Waals surface area contributed by atoms with E-state index in [1.54, 1.807) is 32.0 Å². The van der Waals surface area contributed by atoms with Gasteiger partial charge in [0.05, 0.1) is 5.56 Å². The summed E-state index contributed by atoms with van der Waals surface area (Å²) in [6, 6.07) is 6.54. The van der Waals surface area contributed by atoms with Crippen LogP contribution in [0.3, 0.4) is 0 Å². The second kappa shape index (κ2) is 3.62. The minimum Gasteiger partial charge on any atom is -0.478 e. The lowest BCUT2D eigenvalue weighted by atomic mass is 9.83. The van der Waals surface area contributed by atoms with Gasteiger partial charge in [0.25, 0.3) is 0 Å². The van der Waals surface area contributed by atoms with Crippen molar-refractivity contribution in [1.82, 2.24) is 0 Å². The fourth-order valence-electron chi connectivity index (χ4n) is 1.29. The summed E-state index contributed by atoms with van der Waals surface area (Å²) in [5.41, 5.74) is -0.0262. The molecule has 3 nitrogen and oxygen atoms in total. The molecule has 0 atom stereocenters. The number of carboxylic acid groups (broad SMARTS) is 1. The molecule has 0 saturated heterocycles. The molecular weight excluding hydrogens is 180 g/mol. The SMILES string of the molecule is CC(C)(C=O)c1ccccc1C(=O)O. The number of carbonyl (C=O) groups is 2. The smallest absolute Gasteiger partial charge is 0.335 e. The highest BCUT2D eigenvalue weighted by molar-refractivity contribution is 5.91. The molecule has 0 aliphatic heterocycles. The van der Waals surface area contributed by atoms with E-state index in [-0.39, 0.29) is 5.56 Å². The summed E-state index contributed by atoms with van der Waals surface area (Å²) < 4.78 is 0. The van der Waals surface area contributed by atoms with E-state index >= 15 is 0 Å². The number of hydrogen-bond acceptors (Lipinski definition) is 2. The molecule has 1 N–H and O–H groups in total. The van der Waals surface area contributed by atoms with Crippen molar-refractivity contribution < 1.29 is 14.7 Å². The molecule has 1 aromatic rings. The summed E-state index contributed by atoms with van der Waals surface area (Å²) in [5, 5.41) is 8.91. The minimum absolute atomic E-state index is 0.185. The van der Waals surface area contributed by atoms with E-state index in [0.717, 1.165) is 6.29 Å². The molecule has 0 heterocycles. The molecule has 0 aliphatic rings. The summed E-state index contributed by atoms with van der Waals surface area (Å²) in [6.07, 6.45) is 0.759. The topological polar surface area (TPSA) is 54.4 Å². The second-order valence-corrected chi connectivity index (χ2v) is 3.69. The highest BCUT2D eigenvalue weighted by Crippen LogP contribution is 2.24. The van der Waals surface area contributed by atoms with E-state index < -0.39 is 11.4 Å².